The van der Waals surface area contributed by atoms with Gasteiger partial charge in [0.25, 0.3) is 0 Å². The number of halogens is 6. The third-order valence-corrected chi connectivity index (χ3v) is 10.4. The minimum atomic E-state index is -4.99. The summed E-state index contributed by atoms with van der Waals surface area (Å²) in [5, 5.41) is 13.4. The number of amides is 1. The van der Waals surface area contributed by atoms with E-state index in [-0.39, 0.29) is 36.9 Å². The van der Waals surface area contributed by atoms with Crippen molar-refractivity contribution in [3.8, 4) is 11.5 Å². The van der Waals surface area contributed by atoms with Gasteiger partial charge in [0.2, 0.25) is 15.9 Å². The van der Waals surface area contributed by atoms with Gasteiger partial charge in [-0.05, 0) is 54.8 Å². The van der Waals surface area contributed by atoms with Crippen LogP contribution in [0.2, 0.25) is 0 Å². The first-order valence-electron chi connectivity index (χ1n) is 14.1. The molecule has 20 heteroatoms. The lowest BCUT2D eigenvalue weighted by Gasteiger charge is -2.39. The zero-order valence-corrected chi connectivity index (χ0v) is 26.0. The van der Waals surface area contributed by atoms with Crippen molar-refractivity contribution in [2.24, 2.45) is 0 Å². The number of nitrogens with zero attached hydrogens (tertiary/aromatic N) is 5. The molecule has 1 saturated carbocycles. The molecule has 1 aliphatic heterocycles. The third kappa shape index (κ3) is 7.55. The summed E-state index contributed by atoms with van der Waals surface area (Å²) in [6, 6.07) is 6.87. The Morgan fingerprint density at radius 2 is 1.56 bits per heavy atom. The number of sulfonamides is 1. The molecule has 1 amide bonds. The molecule has 0 radical (unpaired) electrons. The van der Waals surface area contributed by atoms with E-state index < -0.39 is 51.8 Å². The van der Waals surface area contributed by atoms with E-state index in [9.17, 15) is 44.7 Å². The average Bonchev–Trinajstić information content (AvgIpc) is 3.62. The van der Waals surface area contributed by atoms with Crippen molar-refractivity contribution in [2.75, 3.05) is 24.5 Å². The van der Waals surface area contributed by atoms with Crippen LogP contribution in [0.3, 0.4) is 0 Å². The second-order valence-corrected chi connectivity index (χ2v) is 13.8. The van der Waals surface area contributed by atoms with E-state index in [1.807, 2.05) is 0 Å². The van der Waals surface area contributed by atoms with E-state index in [1.54, 1.807) is 4.90 Å². The number of benzene rings is 2. The standard InChI is InChI=1S/C28H24F6N6O6S2/c29-27(30,31)45-17-3-1-16(2-4-17)13-35-23(41)20-15-39(25-38-22-21(47-25)14-36-24(37-22)26(42)9-10-26)11-12-40(20)48(43,44)19-7-5-18(6-8-19)46-28(32,33)34/h1-8,14,20,42H,9-13,15H2,(H,35,41)/t20-/m1/s1. The van der Waals surface area contributed by atoms with E-state index in [2.05, 4.69) is 29.7 Å². The minimum absolute atomic E-state index is 0.0724. The second-order valence-electron chi connectivity index (χ2n) is 10.9. The van der Waals surface area contributed by atoms with Crippen molar-refractivity contribution in [1.29, 1.82) is 0 Å². The Kier molecular flexibility index (Phi) is 8.63. The number of fused-ring (bicyclic) bond motifs is 1. The van der Waals surface area contributed by atoms with Crippen molar-refractivity contribution in [1.82, 2.24) is 24.6 Å². The average molecular weight is 719 g/mol. The van der Waals surface area contributed by atoms with Gasteiger partial charge in [0.05, 0.1) is 15.8 Å². The number of hydrogen-bond donors (Lipinski definition) is 2. The number of thiazole rings is 1. The van der Waals surface area contributed by atoms with E-state index >= 15 is 0 Å². The quantitative estimate of drug-likeness (QED) is 0.243. The maximum atomic E-state index is 13.7. The highest BCUT2D eigenvalue weighted by Crippen LogP contribution is 2.44. The lowest BCUT2D eigenvalue weighted by molar-refractivity contribution is -0.275. The fourth-order valence-corrected chi connectivity index (χ4v) is 7.42. The number of piperazine rings is 1. The number of anilines is 1. The Labute approximate surface area is 272 Å². The number of nitrogens with one attached hydrogen (secondary N) is 1. The Balaban J connectivity index is 1.24. The molecule has 2 aliphatic rings. The highest BCUT2D eigenvalue weighted by atomic mass is 32.2. The summed E-state index contributed by atoms with van der Waals surface area (Å²) in [7, 11) is -4.45. The van der Waals surface area contributed by atoms with Gasteiger partial charge < -0.3 is 24.8 Å². The molecule has 4 aromatic rings. The van der Waals surface area contributed by atoms with Gasteiger partial charge in [-0.2, -0.15) is 9.29 Å². The number of alkyl halides is 6. The molecule has 1 saturated heterocycles. The summed E-state index contributed by atoms with van der Waals surface area (Å²) in [5.41, 5.74) is -0.391. The van der Waals surface area contributed by atoms with Crippen LogP contribution < -0.4 is 19.7 Å². The summed E-state index contributed by atoms with van der Waals surface area (Å²) >= 11 is 1.19. The summed E-state index contributed by atoms with van der Waals surface area (Å²) in [4.78, 5) is 28.0. The van der Waals surface area contributed by atoms with Crippen LogP contribution in [0.25, 0.3) is 10.3 Å². The van der Waals surface area contributed by atoms with Crippen LogP contribution in [0.1, 0.15) is 24.2 Å². The predicted octanol–water partition coefficient (Wildman–Crippen LogP) is 4.06. The van der Waals surface area contributed by atoms with Crippen LogP contribution in [0.4, 0.5) is 31.5 Å². The SMILES string of the molecule is O=C(NCc1ccc(OC(F)(F)F)cc1)[C@H]1CN(c2nc3nc(C4(O)CC4)ncc3s2)CCN1S(=O)(=O)c1ccc(OC(F)(F)F)cc1. The Morgan fingerprint density at radius 3 is 2.15 bits per heavy atom. The smallest absolute Gasteiger partial charge is 0.406 e. The molecule has 2 N–H and O–H groups in total. The van der Waals surface area contributed by atoms with Crippen molar-refractivity contribution in [2.45, 2.75) is 48.6 Å². The Bertz CT molecular complexity index is 1920. The normalized spacial score (nSPS) is 18.5. The maximum absolute atomic E-state index is 13.7. The summed E-state index contributed by atoms with van der Waals surface area (Å²) in [5.74, 6) is -1.62. The maximum Gasteiger partial charge on any atom is 0.573 e. The lowest BCUT2D eigenvalue weighted by Crippen LogP contribution is -2.60. The van der Waals surface area contributed by atoms with Gasteiger partial charge in [-0.15, -0.1) is 26.3 Å². The molecule has 2 fully saturated rings. The van der Waals surface area contributed by atoms with Gasteiger partial charge in [0, 0.05) is 26.2 Å². The van der Waals surface area contributed by atoms with Gasteiger partial charge in [-0.3, -0.25) is 4.79 Å². The summed E-state index contributed by atoms with van der Waals surface area (Å²) in [6.07, 6.45) is -7.31. The number of hydrogen-bond acceptors (Lipinski definition) is 11. The number of carbonyl (C=O) groups excluding carboxylic acids is 1. The molecule has 0 bridgehead atoms. The van der Waals surface area contributed by atoms with Gasteiger partial charge >= 0.3 is 12.7 Å². The molecule has 48 heavy (non-hydrogen) atoms. The molecule has 0 unspecified atom stereocenters. The fraction of sp³-hybridized carbons (Fsp3) is 0.357. The Morgan fingerprint density at radius 1 is 0.958 bits per heavy atom. The first-order valence-corrected chi connectivity index (χ1v) is 16.4. The number of rotatable bonds is 9. The van der Waals surface area contributed by atoms with Gasteiger partial charge in [0.1, 0.15) is 23.1 Å². The van der Waals surface area contributed by atoms with E-state index in [0.29, 0.717) is 33.9 Å². The van der Waals surface area contributed by atoms with Crippen molar-refractivity contribution in [3.05, 3.63) is 66.1 Å². The van der Waals surface area contributed by atoms with Gasteiger partial charge in [-0.1, -0.05) is 23.5 Å². The molecule has 0 spiro atoms. The van der Waals surface area contributed by atoms with Gasteiger partial charge in [0.15, 0.2) is 16.6 Å². The predicted molar refractivity (Wildman–Crippen MR) is 156 cm³/mol. The number of carbonyl (C=O) groups is 1. The second kappa shape index (κ2) is 12.3. The zero-order valence-electron chi connectivity index (χ0n) is 24.3. The van der Waals surface area contributed by atoms with Crippen LogP contribution in [-0.2, 0) is 27.0 Å². The summed E-state index contributed by atoms with van der Waals surface area (Å²) in [6.45, 7) is -0.523. The molecule has 256 valence electrons. The van der Waals surface area contributed by atoms with Crippen LogP contribution in [0.15, 0.2) is 59.6 Å². The van der Waals surface area contributed by atoms with Crippen LogP contribution in [0.5, 0.6) is 11.5 Å². The molecule has 2 aromatic carbocycles. The molecule has 6 rings (SSSR count). The number of aliphatic hydroxyl groups is 1. The molecule has 12 nitrogen and oxygen atoms in total. The molecule has 2 aromatic heterocycles. The molecule has 1 atom stereocenters. The van der Waals surface area contributed by atoms with E-state index in [1.165, 1.54) is 29.7 Å². The molecule has 3 heterocycles. The molecule has 1 aliphatic carbocycles. The molecular formula is C28H24F6N6O6S2. The largest absolute Gasteiger partial charge is 0.573 e. The third-order valence-electron chi connectivity index (χ3n) is 7.47. The van der Waals surface area contributed by atoms with Crippen LogP contribution in [-0.4, -0.2) is 77.1 Å². The van der Waals surface area contributed by atoms with Crippen molar-refractivity contribution < 1.29 is 54.1 Å². The molecular weight excluding hydrogens is 694 g/mol. The van der Waals surface area contributed by atoms with E-state index in [0.717, 1.165) is 40.7 Å². The van der Waals surface area contributed by atoms with Gasteiger partial charge in [-0.25, -0.2) is 18.4 Å². The topological polar surface area (TPSA) is 147 Å². The summed E-state index contributed by atoms with van der Waals surface area (Å²) < 4.78 is 112. The fourth-order valence-electron chi connectivity index (χ4n) is 4.93. The number of aromatic nitrogens is 3. The van der Waals surface area contributed by atoms with Crippen LogP contribution in [0, 0.1) is 0 Å². The van der Waals surface area contributed by atoms with Crippen molar-refractivity contribution >= 4 is 42.7 Å². The monoisotopic (exact) mass is 718 g/mol. The first-order chi connectivity index (χ1) is 22.5. The van der Waals surface area contributed by atoms with E-state index in [4.69, 9.17) is 0 Å². The Hall–Kier alpha value is -4.27. The van der Waals surface area contributed by atoms with Crippen LogP contribution >= 0.6 is 11.3 Å². The number of ether oxygens (including phenoxy) is 2. The van der Waals surface area contributed by atoms with Crippen molar-refractivity contribution in [3.63, 3.8) is 0 Å². The lowest BCUT2D eigenvalue weighted by atomic mass is 10.1. The first kappa shape index (κ1) is 33.6. The highest BCUT2D eigenvalue weighted by molar-refractivity contribution is 7.89. The zero-order chi connectivity index (χ0) is 34.5. The highest BCUT2D eigenvalue weighted by Gasteiger charge is 2.46. The minimum Gasteiger partial charge on any atom is -0.406 e.